The number of aryl methyl sites for hydroxylation is 3. The van der Waals surface area contributed by atoms with Crippen molar-refractivity contribution >= 4 is 5.57 Å². The van der Waals surface area contributed by atoms with Crippen LogP contribution in [0.1, 0.15) is 41.3 Å². The van der Waals surface area contributed by atoms with Crippen molar-refractivity contribution in [2.45, 2.75) is 32.6 Å². The highest BCUT2D eigenvalue weighted by atomic mass is 16.4. The lowest BCUT2D eigenvalue weighted by Crippen LogP contribution is -2.33. The van der Waals surface area contributed by atoms with Gasteiger partial charge < -0.3 is 14.4 Å². The number of β-amino-alcohol motifs (C(OH)–C–C–N with tert-alkyl or cyclic N) is 1. The fourth-order valence-electron chi connectivity index (χ4n) is 3.99. The Balaban J connectivity index is 1.80. The number of hydrogen-bond acceptors (Lipinski definition) is 4. The van der Waals surface area contributed by atoms with Crippen molar-refractivity contribution in [2.24, 2.45) is 0 Å². The van der Waals surface area contributed by atoms with Crippen molar-refractivity contribution < 1.29 is 9.52 Å². The molecule has 1 aliphatic heterocycles. The van der Waals surface area contributed by atoms with Gasteiger partial charge in [-0.05, 0) is 30.4 Å². The van der Waals surface area contributed by atoms with Crippen molar-refractivity contribution in [2.75, 3.05) is 26.2 Å². The molecule has 1 N–H and O–H groups in total. The summed E-state index contributed by atoms with van der Waals surface area (Å²) in [6.07, 6.45) is 4.00. The molecule has 2 heterocycles. The molecule has 2 aromatic rings. The molecule has 0 radical (unpaired) electrons. The van der Waals surface area contributed by atoms with Gasteiger partial charge in [0.25, 0.3) is 0 Å². The molecule has 1 fully saturated rings. The Hall–Kier alpha value is -1.91. The van der Waals surface area contributed by atoms with Crippen LogP contribution in [0.3, 0.4) is 0 Å². The monoisotopic (exact) mass is 324 g/mol. The molecule has 24 heavy (non-hydrogen) atoms. The lowest BCUT2D eigenvalue weighted by Gasteiger charge is -2.29. The third-order valence-corrected chi connectivity index (χ3v) is 5.18. The van der Waals surface area contributed by atoms with Gasteiger partial charge in [-0.25, -0.2) is 4.98 Å². The van der Waals surface area contributed by atoms with Crippen molar-refractivity contribution in [3.63, 3.8) is 0 Å². The quantitative estimate of drug-likeness (QED) is 0.923. The van der Waals surface area contributed by atoms with Crippen molar-refractivity contribution in [3.05, 3.63) is 58.3 Å². The number of likely N-dealkylation sites (tertiary alicyclic amines) is 1. The smallest absolute Gasteiger partial charge is 0.191 e. The van der Waals surface area contributed by atoms with E-state index in [1.165, 1.54) is 22.3 Å². The summed E-state index contributed by atoms with van der Waals surface area (Å²) in [7, 11) is 0. The van der Waals surface area contributed by atoms with E-state index >= 15 is 0 Å². The second-order valence-corrected chi connectivity index (χ2v) is 6.71. The van der Waals surface area contributed by atoms with E-state index in [0.717, 1.165) is 62.7 Å². The van der Waals surface area contributed by atoms with Gasteiger partial charge in [0.05, 0.1) is 6.61 Å². The number of aromatic nitrogens is 1. The average Bonchev–Trinajstić information content (AvgIpc) is 2.89. The van der Waals surface area contributed by atoms with Crippen molar-refractivity contribution in [1.82, 2.24) is 9.88 Å². The molecule has 1 saturated heterocycles. The first-order chi connectivity index (χ1) is 11.8. The molecule has 4 nitrogen and oxygen atoms in total. The molecule has 0 bridgehead atoms. The molecule has 1 aromatic heterocycles. The van der Waals surface area contributed by atoms with E-state index in [0.29, 0.717) is 0 Å². The Bertz CT molecular complexity index is 766. The molecular weight excluding hydrogens is 300 g/mol. The number of aliphatic hydroxyl groups is 1. The number of fused-ring (bicyclic) bond motifs is 2. The fourth-order valence-corrected chi connectivity index (χ4v) is 3.99. The van der Waals surface area contributed by atoms with Crippen LogP contribution in [-0.4, -0.2) is 41.2 Å². The molecule has 0 spiro atoms. The number of piperidine rings is 1. The first-order valence-electron chi connectivity index (χ1n) is 8.86. The lowest BCUT2D eigenvalue weighted by molar-refractivity contribution is 0.187. The molecule has 0 unspecified atom stereocenters. The molecule has 1 aromatic carbocycles. The van der Waals surface area contributed by atoms with Crippen molar-refractivity contribution in [3.8, 4) is 0 Å². The van der Waals surface area contributed by atoms with Gasteiger partial charge >= 0.3 is 0 Å². The van der Waals surface area contributed by atoms with Crippen molar-refractivity contribution in [1.29, 1.82) is 0 Å². The van der Waals surface area contributed by atoms with Gasteiger partial charge in [0.2, 0.25) is 0 Å². The van der Waals surface area contributed by atoms with E-state index in [2.05, 4.69) is 29.2 Å². The number of benzene rings is 1. The minimum absolute atomic E-state index is 0.237. The molecule has 4 heteroatoms. The van der Waals surface area contributed by atoms with Crippen LogP contribution in [0.15, 0.2) is 34.3 Å². The maximum atomic E-state index is 9.16. The summed E-state index contributed by atoms with van der Waals surface area (Å²) in [5.74, 6) is 1.79. The summed E-state index contributed by atoms with van der Waals surface area (Å²) in [4.78, 5) is 7.08. The van der Waals surface area contributed by atoms with Gasteiger partial charge in [-0.2, -0.15) is 0 Å². The van der Waals surface area contributed by atoms with E-state index in [1.807, 2.05) is 6.92 Å². The Kier molecular flexibility index (Phi) is 4.25. The minimum Gasteiger partial charge on any atom is -0.445 e. The highest BCUT2D eigenvalue weighted by Crippen LogP contribution is 2.38. The summed E-state index contributed by atoms with van der Waals surface area (Å²) in [5, 5.41) is 9.16. The topological polar surface area (TPSA) is 49.5 Å². The zero-order valence-corrected chi connectivity index (χ0v) is 14.2. The summed E-state index contributed by atoms with van der Waals surface area (Å²) < 4.78 is 5.91. The zero-order chi connectivity index (χ0) is 16.5. The predicted molar refractivity (Wildman–Crippen MR) is 93.9 cm³/mol. The van der Waals surface area contributed by atoms with Gasteiger partial charge in [-0.1, -0.05) is 29.8 Å². The SMILES string of the molecule is Cc1nc2c(o1)CCc1ccccc1C2=C1CCN(CCO)CC1. The van der Waals surface area contributed by atoms with Gasteiger partial charge in [0.1, 0.15) is 11.5 Å². The number of aliphatic hydroxyl groups excluding tert-OH is 1. The van der Waals surface area contributed by atoms with E-state index in [-0.39, 0.29) is 6.61 Å². The van der Waals surface area contributed by atoms with Gasteiger partial charge in [0, 0.05) is 38.6 Å². The number of oxazole rings is 1. The van der Waals surface area contributed by atoms with E-state index < -0.39 is 0 Å². The number of hydrogen-bond donors (Lipinski definition) is 1. The van der Waals surface area contributed by atoms with Crippen LogP contribution in [-0.2, 0) is 12.8 Å². The van der Waals surface area contributed by atoms with Crippen LogP contribution >= 0.6 is 0 Å². The largest absolute Gasteiger partial charge is 0.445 e. The Morgan fingerprint density at radius 2 is 1.92 bits per heavy atom. The Morgan fingerprint density at radius 1 is 1.12 bits per heavy atom. The van der Waals surface area contributed by atoms with Crippen LogP contribution in [0.4, 0.5) is 0 Å². The van der Waals surface area contributed by atoms with Crippen LogP contribution in [0.5, 0.6) is 0 Å². The number of nitrogens with zero attached hydrogens (tertiary/aromatic N) is 2. The third-order valence-electron chi connectivity index (χ3n) is 5.18. The summed E-state index contributed by atoms with van der Waals surface area (Å²) in [6.45, 7) is 4.96. The first kappa shape index (κ1) is 15.6. The number of rotatable bonds is 2. The van der Waals surface area contributed by atoms with Gasteiger partial charge in [-0.15, -0.1) is 0 Å². The molecule has 0 atom stereocenters. The standard InChI is InChI=1S/C20H24N2O2/c1-14-21-20-18(24-14)7-6-15-4-2-3-5-17(15)19(20)16-8-10-22(11-9-16)12-13-23/h2-5,23H,6-13H2,1H3. The maximum absolute atomic E-state index is 9.16. The highest BCUT2D eigenvalue weighted by molar-refractivity contribution is 5.83. The Labute approximate surface area is 142 Å². The molecule has 4 rings (SSSR count). The second kappa shape index (κ2) is 6.54. The summed E-state index contributed by atoms with van der Waals surface area (Å²) in [6, 6.07) is 8.71. The molecule has 126 valence electrons. The molecule has 1 aliphatic carbocycles. The van der Waals surface area contributed by atoms with E-state index in [4.69, 9.17) is 14.5 Å². The zero-order valence-electron chi connectivity index (χ0n) is 14.2. The van der Waals surface area contributed by atoms with Crippen LogP contribution < -0.4 is 0 Å². The first-order valence-corrected chi connectivity index (χ1v) is 8.86. The van der Waals surface area contributed by atoms with Gasteiger partial charge in [0.15, 0.2) is 5.89 Å². The van der Waals surface area contributed by atoms with Crippen LogP contribution in [0, 0.1) is 6.92 Å². The minimum atomic E-state index is 0.237. The van der Waals surface area contributed by atoms with Crippen LogP contribution in [0.2, 0.25) is 0 Å². The normalized spacial score (nSPS) is 18.2. The van der Waals surface area contributed by atoms with E-state index in [1.54, 1.807) is 0 Å². The van der Waals surface area contributed by atoms with E-state index in [9.17, 15) is 0 Å². The third kappa shape index (κ3) is 2.80. The van der Waals surface area contributed by atoms with Gasteiger partial charge in [-0.3, -0.25) is 0 Å². The predicted octanol–water partition coefficient (Wildman–Crippen LogP) is 2.97. The van der Waals surface area contributed by atoms with Crippen LogP contribution in [0.25, 0.3) is 5.57 Å². The molecule has 2 aliphatic rings. The average molecular weight is 324 g/mol. The fraction of sp³-hybridized carbons (Fsp3) is 0.450. The summed E-state index contributed by atoms with van der Waals surface area (Å²) in [5.41, 5.74) is 6.56. The maximum Gasteiger partial charge on any atom is 0.191 e. The summed E-state index contributed by atoms with van der Waals surface area (Å²) >= 11 is 0. The Morgan fingerprint density at radius 3 is 2.71 bits per heavy atom. The molecular formula is C20H24N2O2. The highest BCUT2D eigenvalue weighted by Gasteiger charge is 2.27. The molecule has 0 saturated carbocycles. The lowest BCUT2D eigenvalue weighted by atomic mass is 9.89. The second-order valence-electron chi connectivity index (χ2n) is 6.71. The molecule has 0 amide bonds.